The van der Waals surface area contributed by atoms with E-state index in [2.05, 4.69) is 58.9 Å². The summed E-state index contributed by atoms with van der Waals surface area (Å²) in [5.74, 6) is 0. The van der Waals surface area contributed by atoms with Gasteiger partial charge >= 0.3 is 0 Å². The van der Waals surface area contributed by atoms with Crippen LogP contribution in [-0.4, -0.2) is 5.54 Å². The first-order valence-electron chi connectivity index (χ1n) is 7.48. The third-order valence-corrected chi connectivity index (χ3v) is 4.16. The summed E-state index contributed by atoms with van der Waals surface area (Å²) in [4.78, 5) is 0. The number of rotatable bonds is 4. The Morgan fingerprint density at radius 3 is 1.95 bits per heavy atom. The van der Waals surface area contributed by atoms with E-state index in [4.69, 9.17) is 5.73 Å². The molecule has 1 saturated carbocycles. The second kappa shape index (κ2) is 4.63. The lowest BCUT2D eigenvalue weighted by molar-refractivity contribution is 0.284. The molecule has 1 aliphatic carbocycles. The average molecular weight is 259 g/mol. The van der Waals surface area contributed by atoms with Crippen LogP contribution >= 0.6 is 0 Å². The molecule has 2 rings (SSSR count). The molecule has 0 heterocycles. The molecule has 2 N–H and O–H groups in total. The van der Waals surface area contributed by atoms with Crippen molar-refractivity contribution in [1.29, 1.82) is 0 Å². The van der Waals surface area contributed by atoms with E-state index < -0.39 is 0 Å². The lowest BCUT2D eigenvalue weighted by Crippen LogP contribution is -2.26. The average Bonchev–Trinajstić information content (AvgIpc) is 2.93. The van der Waals surface area contributed by atoms with Crippen LogP contribution in [0.3, 0.4) is 0 Å². The quantitative estimate of drug-likeness (QED) is 0.850. The van der Waals surface area contributed by atoms with Crippen molar-refractivity contribution in [3.05, 3.63) is 35.4 Å². The molecule has 1 heteroatoms. The van der Waals surface area contributed by atoms with Crippen LogP contribution in [0.4, 0.5) is 0 Å². The van der Waals surface area contributed by atoms with Crippen molar-refractivity contribution in [3.8, 4) is 0 Å². The molecule has 0 amide bonds. The van der Waals surface area contributed by atoms with Gasteiger partial charge in [-0.1, -0.05) is 58.9 Å². The van der Waals surface area contributed by atoms with Crippen molar-refractivity contribution in [2.75, 3.05) is 0 Å². The largest absolute Gasteiger partial charge is 0.325 e. The second-order valence-corrected chi connectivity index (χ2v) is 8.36. The van der Waals surface area contributed by atoms with Crippen LogP contribution in [0.5, 0.6) is 0 Å². The molecule has 0 atom stereocenters. The first-order valence-corrected chi connectivity index (χ1v) is 7.48. The first-order chi connectivity index (χ1) is 8.60. The maximum Gasteiger partial charge on any atom is 0.0196 e. The Bertz CT molecular complexity index is 430. The van der Waals surface area contributed by atoms with Gasteiger partial charge in [0.15, 0.2) is 0 Å². The van der Waals surface area contributed by atoms with E-state index >= 15 is 0 Å². The Balaban J connectivity index is 2.08. The molecule has 0 aromatic heterocycles. The van der Waals surface area contributed by atoms with Crippen LogP contribution in [0.2, 0.25) is 0 Å². The fourth-order valence-electron chi connectivity index (χ4n) is 3.25. The van der Waals surface area contributed by atoms with Crippen LogP contribution < -0.4 is 5.73 Å². The van der Waals surface area contributed by atoms with Gasteiger partial charge in [-0.15, -0.1) is 0 Å². The van der Waals surface area contributed by atoms with E-state index in [0.717, 1.165) is 6.42 Å². The zero-order chi connectivity index (χ0) is 14.3. The van der Waals surface area contributed by atoms with Crippen molar-refractivity contribution in [2.45, 2.75) is 71.3 Å². The number of benzene rings is 1. The van der Waals surface area contributed by atoms with E-state index in [0.29, 0.717) is 5.41 Å². The lowest BCUT2D eigenvalue weighted by atomic mass is 9.72. The Morgan fingerprint density at radius 2 is 1.53 bits per heavy atom. The lowest BCUT2D eigenvalue weighted by Gasteiger charge is -2.33. The second-order valence-electron chi connectivity index (χ2n) is 8.36. The summed E-state index contributed by atoms with van der Waals surface area (Å²) in [7, 11) is 0. The highest BCUT2D eigenvalue weighted by atomic mass is 14.8. The molecule has 106 valence electrons. The van der Waals surface area contributed by atoms with Crippen LogP contribution in [0.1, 0.15) is 65.0 Å². The fourth-order valence-corrected chi connectivity index (χ4v) is 3.25. The molecule has 0 bridgehead atoms. The number of hydrogen-bond donors (Lipinski definition) is 1. The molecule has 1 aliphatic rings. The van der Waals surface area contributed by atoms with Crippen molar-refractivity contribution in [2.24, 2.45) is 11.1 Å². The summed E-state index contributed by atoms with van der Waals surface area (Å²) in [6, 6.07) is 9.14. The number of hydrogen-bond acceptors (Lipinski definition) is 1. The predicted molar refractivity (Wildman–Crippen MR) is 83.4 cm³/mol. The van der Waals surface area contributed by atoms with Gasteiger partial charge in [0, 0.05) is 5.54 Å². The van der Waals surface area contributed by atoms with Gasteiger partial charge in [0.05, 0.1) is 0 Å². The summed E-state index contributed by atoms with van der Waals surface area (Å²) < 4.78 is 0. The minimum Gasteiger partial charge on any atom is -0.325 e. The van der Waals surface area contributed by atoms with Gasteiger partial charge in [-0.05, 0) is 47.6 Å². The molecule has 0 radical (unpaired) electrons. The third kappa shape index (κ3) is 4.07. The van der Waals surface area contributed by atoms with Crippen molar-refractivity contribution < 1.29 is 0 Å². The van der Waals surface area contributed by atoms with Gasteiger partial charge in [0.2, 0.25) is 0 Å². The van der Waals surface area contributed by atoms with Crippen molar-refractivity contribution in [1.82, 2.24) is 0 Å². The molecule has 0 unspecified atom stereocenters. The summed E-state index contributed by atoms with van der Waals surface area (Å²) in [5.41, 5.74) is 9.71. The minimum absolute atomic E-state index is 0.114. The van der Waals surface area contributed by atoms with Gasteiger partial charge < -0.3 is 5.73 Å². The number of nitrogens with two attached hydrogens (primary N) is 1. The Labute approximate surface area is 118 Å². The molecule has 1 aromatic carbocycles. The molecular weight excluding hydrogens is 230 g/mol. The highest BCUT2D eigenvalue weighted by molar-refractivity contribution is 5.30. The molecular formula is C18H29N. The molecule has 1 nitrogen and oxygen atoms in total. The normalized spacial score (nSPS) is 18.4. The SMILES string of the molecule is CC(C)(C)CC(C)(C)c1ccc(CC2(N)CC2)cc1. The summed E-state index contributed by atoms with van der Waals surface area (Å²) in [6.07, 6.45) is 4.60. The third-order valence-electron chi connectivity index (χ3n) is 4.16. The summed E-state index contributed by atoms with van der Waals surface area (Å²) in [6.45, 7) is 11.6. The zero-order valence-electron chi connectivity index (χ0n) is 13.2. The van der Waals surface area contributed by atoms with Gasteiger partial charge in [-0.25, -0.2) is 0 Å². The molecule has 19 heavy (non-hydrogen) atoms. The highest BCUT2D eigenvalue weighted by Crippen LogP contribution is 2.38. The van der Waals surface area contributed by atoms with Crippen LogP contribution in [0, 0.1) is 5.41 Å². The summed E-state index contributed by atoms with van der Waals surface area (Å²) in [5, 5.41) is 0. The standard InChI is InChI=1S/C18H29N/c1-16(2,3)13-17(4,5)15-8-6-14(7-9-15)12-18(19)10-11-18/h6-9H,10-13,19H2,1-5H3. The van der Waals surface area contributed by atoms with E-state index in [-0.39, 0.29) is 11.0 Å². The van der Waals surface area contributed by atoms with Crippen LogP contribution in [0.15, 0.2) is 24.3 Å². The van der Waals surface area contributed by atoms with Crippen LogP contribution in [-0.2, 0) is 11.8 Å². The van der Waals surface area contributed by atoms with Gasteiger partial charge in [0.25, 0.3) is 0 Å². The predicted octanol–water partition coefficient (Wildman–Crippen LogP) is 4.43. The topological polar surface area (TPSA) is 26.0 Å². The van der Waals surface area contributed by atoms with E-state index in [1.165, 1.54) is 30.4 Å². The van der Waals surface area contributed by atoms with Gasteiger partial charge in [0.1, 0.15) is 0 Å². The molecule has 0 saturated heterocycles. The Hall–Kier alpha value is -0.820. The van der Waals surface area contributed by atoms with E-state index in [1.54, 1.807) is 0 Å². The molecule has 1 fully saturated rings. The van der Waals surface area contributed by atoms with Gasteiger partial charge in [-0.2, -0.15) is 0 Å². The minimum atomic E-state index is 0.114. The maximum absolute atomic E-state index is 6.19. The van der Waals surface area contributed by atoms with E-state index in [9.17, 15) is 0 Å². The Kier molecular flexibility index (Phi) is 3.55. The highest BCUT2D eigenvalue weighted by Gasteiger charge is 2.38. The van der Waals surface area contributed by atoms with Crippen LogP contribution in [0.25, 0.3) is 0 Å². The fraction of sp³-hybridized carbons (Fsp3) is 0.667. The smallest absolute Gasteiger partial charge is 0.0196 e. The Morgan fingerprint density at radius 1 is 1.00 bits per heavy atom. The maximum atomic E-state index is 6.19. The first kappa shape index (κ1) is 14.6. The molecule has 0 aliphatic heterocycles. The van der Waals surface area contributed by atoms with Crippen molar-refractivity contribution >= 4 is 0 Å². The monoisotopic (exact) mass is 259 g/mol. The zero-order valence-corrected chi connectivity index (χ0v) is 13.2. The summed E-state index contributed by atoms with van der Waals surface area (Å²) >= 11 is 0. The van der Waals surface area contributed by atoms with Crippen molar-refractivity contribution in [3.63, 3.8) is 0 Å². The van der Waals surface area contributed by atoms with Gasteiger partial charge in [-0.3, -0.25) is 0 Å². The van der Waals surface area contributed by atoms with E-state index in [1.807, 2.05) is 0 Å². The molecule has 0 spiro atoms. The molecule has 1 aromatic rings.